The molecule has 106 valence electrons. The third kappa shape index (κ3) is 4.63. The highest BCUT2D eigenvalue weighted by molar-refractivity contribution is 5.29. The van der Waals surface area contributed by atoms with E-state index in [-0.39, 0.29) is 0 Å². The maximum absolute atomic E-state index is 5.55. The molecule has 0 heterocycles. The van der Waals surface area contributed by atoms with E-state index in [0.29, 0.717) is 12.0 Å². The fraction of sp³-hybridized carbons (Fsp3) is 0.647. The van der Waals surface area contributed by atoms with Gasteiger partial charge in [-0.1, -0.05) is 38.1 Å². The molecule has 1 aliphatic rings. The molecule has 1 fully saturated rings. The van der Waals surface area contributed by atoms with Gasteiger partial charge in [-0.2, -0.15) is 0 Å². The quantitative estimate of drug-likeness (QED) is 0.770. The average molecular weight is 261 g/mol. The largest absolute Gasteiger partial charge is 0.380 e. The fourth-order valence-corrected chi connectivity index (χ4v) is 2.35. The predicted molar refractivity (Wildman–Crippen MR) is 80.4 cm³/mol. The molecular formula is C17H27NO. The molecule has 1 aromatic rings. The number of ether oxygens (including phenoxy) is 1. The molecule has 0 aromatic heterocycles. The van der Waals surface area contributed by atoms with Gasteiger partial charge in [-0.05, 0) is 42.7 Å². The number of hydrogen-bond acceptors (Lipinski definition) is 2. The normalized spacial score (nSPS) is 16.8. The molecular weight excluding hydrogens is 234 g/mol. The second-order valence-electron chi connectivity index (χ2n) is 5.91. The fourth-order valence-electron chi connectivity index (χ4n) is 2.35. The Bertz CT molecular complexity index is 385. The number of rotatable bonds is 8. The molecule has 1 N–H and O–H groups in total. The van der Waals surface area contributed by atoms with Crippen molar-refractivity contribution in [1.29, 1.82) is 0 Å². The lowest BCUT2D eigenvalue weighted by Crippen LogP contribution is -2.37. The summed E-state index contributed by atoms with van der Waals surface area (Å²) >= 11 is 0. The van der Waals surface area contributed by atoms with Crippen LogP contribution < -0.4 is 5.32 Å². The van der Waals surface area contributed by atoms with E-state index in [9.17, 15) is 0 Å². The number of nitrogens with one attached hydrogen (secondary N) is 1. The molecule has 1 saturated carbocycles. The van der Waals surface area contributed by atoms with Gasteiger partial charge < -0.3 is 10.1 Å². The topological polar surface area (TPSA) is 21.3 Å². The van der Waals surface area contributed by atoms with Crippen LogP contribution in [-0.2, 0) is 11.3 Å². The third-order valence-corrected chi connectivity index (χ3v) is 3.87. The molecule has 0 amide bonds. The Labute approximate surface area is 117 Å². The monoisotopic (exact) mass is 261 g/mol. The average Bonchev–Trinajstić information content (AvgIpc) is 3.23. The zero-order valence-corrected chi connectivity index (χ0v) is 12.5. The van der Waals surface area contributed by atoms with E-state index in [4.69, 9.17) is 4.74 Å². The minimum atomic E-state index is 0.435. The molecule has 2 rings (SSSR count). The van der Waals surface area contributed by atoms with E-state index in [2.05, 4.69) is 50.4 Å². The summed E-state index contributed by atoms with van der Waals surface area (Å²) < 4.78 is 5.55. The maximum Gasteiger partial charge on any atom is 0.0622 e. The molecule has 2 nitrogen and oxygen atoms in total. The molecule has 0 saturated heterocycles. The summed E-state index contributed by atoms with van der Waals surface area (Å²) in [5.41, 5.74) is 2.91. The van der Waals surface area contributed by atoms with Crippen LogP contribution in [0.4, 0.5) is 0 Å². The molecule has 1 atom stereocenters. The van der Waals surface area contributed by atoms with Crippen LogP contribution in [0.5, 0.6) is 0 Å². The number of benzene rings is 1. The zero-order chi connectivity index (χ0) is 13.7. The van der Waals surface area contributed by atoms with Crippen molar-refractivity contribution in [3.63, 3.8) is 0 Å². The summed E-state index contributed by atoms with van der Waals surface area (Å²) in [5.74, 6) is 1.43. The van der Waals surface area contributed by atoms with Crippen molar-refractivity contribution in [3.05, 3.63) is 35.4 Å². The van der Waals surface area contributed by atoms with Crippen LogP contribution in [0.2, 0.25) is 0 Å². The SMILES string of the molecule is CCOCC(NCc1cccc(C2CC2)c1)C(C)C. The Morgan fingerprint density at radius 3 is 2.74 bits per heavy atom. The highest BCUT2D eigenvalue weighted by Gasteiger charge is 2.23. The van der Waals surface area contributed by atoms with Gasteiger partial charge in [0.1, 0.15) is 0 Å². The molecule has 0 aliphatic heterocycles. The van der Waals surface area contributed by atoms with E-state index < -0.39 is 0 Å². The van der Waals surface area contributed by atoms with E-state index in [1.165, 1.54) is 24.0 Å². The summed E-state index contributed by atoms with van der Waals surface area (Å²) in [6, 6.07) is 9.47. The van der Waals surface area contributed by atoms with E-state index in [1.807, 2.05) is 0 Å². The van der Waals surface area contributed by atoms with Crippen molar-refractivity contribution in [2.45, 2.75) is 52.1 Å². The standard InChI is InChI=1S/C17H27NO/c1-4-19-12-17(13(2)3)18-11-14-6-5-7-16(10-14)15-8-9-15/h5-7,10,13,15,17-18H,4,8-9,11-12H2,1-3H3. The van der Waals surface area contributed by atoms with Gasteiger partial charge >= 0.3 is 0 Å². The van der Waals surface area contributed by atoms with E-state index in [1.54, 1.807) is 0 Å². The van der Waals surface area contributed by atoms with Crippen LogP contribution in [-0.4, -0.2) is 19.3 Å². The van der Waals surface area contributed by atoms with E-state index in [0.717, 1.165) is 25.7 Å². The molecule has 0 bridgehead atoms. The maximum atomic E-state index is 5.55. The molecule has 1 aromatic carbocycles. The van der Waals surface area contributed by atoms with Crippen LogP contribution in [0.1, 0.15) is 50.7 Å². The highest BCUT2D eigenvalue weighted by atomic mass is 16.5. The minimum absolute atomic E-state index is 0.435. The summed E-state index contributed by atoms with van der Waals surface area (Å²) in [7, 11) is 0. The Kier molecular flexibility index (Phi) is 5.41. The van der Waals surface area contributed by atoms with Crippen LogP contribution in [0.15, 0.2) is 24.3 Å². The lowest BCUT2D eigenvalue weighted by molar-refractivity contribution is 0.108. The molecule has 1 unspecified atom stereocenters. The van der Waals surface area contributed by atoms with E-state index >= 15 is 0 Å². The first-order chi connectivity index (χ1) is 9.20. The first-order valence-electron chi connectivity index (χ1n) is 7.60. The Hall–Kier alpha value is -0.860. The van der Waals surface area contributed by atoms with Crippen molar-refractivity contribution >= 4 is 0 Å². The Morgan fingerprint density at radius 1 is 1.32 bits per heavy atom. The molecule has 2 heteroatoms. The lowest BCUT2D eigenvalue weighted by atomic mass is 10.0. The highest BCUT2D eigenvalue weighted by Crippen LogP contribution is 2.40. The minimum Gasteiger partial charge on any atom is -0.380 e. The Morgan fingerprint density at radius 2 is 2.11 bits per heavy atom. The second-order valence-corrected chi connectivity index (χ2v) is 5.91. The Balaban J connectivity index is 1.86. The first kappa shape index (κ1) is 14.5. The molecule has 19 heavy (non-hydrogen) atoms. The van der Waals surface area contributed by atoms with Gasteiger partial charge in [-0.3, -0.25) is 0 Å². The van der Waals surface area contributed by atoms with Crippen LogP contribution in [0.3, 0.4) is 0 Å². The predicted octanol–water partition coefficient (Wildman–Crippen LogP) is 3.71. The summed E-state index contributed by atoms with van der Waals surface area (Å²) in [6.45, 7) is 9.08. The van der Waals surface area contributed by atoms with Crippen molar-refractivity contribution in [1.82, 2.24) is 5.32 Å². The van der Waals surface area contributed by atoms with Gasteiger partial charge in [0, 0.05) is 19.2 Å². The third-order valence-electron chi connectivity index (χ3n) is 3.87. The summed E-state index contributed by atoms with van der Waals surface area (Å²) in [6.07, 6.45) is 2.74. The summed E-state index contributed by atoms with van der Waals surface area (Å²) in [4.78, 5) is 0. The molecule has 0 spiro atoms. The van der Waals surface area contributed by atoms with Crippen molar-refractivity contribution in [2.75, 3.05) is 13.2 Å². The van der Waals surface area contributed by atoms with Crippen LogP contribution in [0.25, 0.3) is 0 Å². The van der Waals surface area contributed by atoms with Gasteiger partial charge in [-0.15, -0.1) is 0 Å². The molecule has 0 radical (unpaired) electrons. The van der Waals surface area contributed by atoms with Crippen molar-refractivity contribution in [3.8, 4) is 0 Å². The van der Waals surface area contributed by atoms with Crippen molar-refractivity contribution in [2.24, 2.45) is 5.92 Å². The van der Waals surface area contributed by atoms with Gasteiger partial charge in [0.2, 0.25) is 0 Å². The van der Waals surface area contributed by atoms with Gasteiger partial charge in [0.25, 0.3) is 0 Å². The molecule has 1 aliphatic carbocycles. The van der Waals surface area contributed by atoms with Gasteiger partial charge in [0.05, 0.1) is 6.61 Å². The van der Waals surface area contributed by atoms with Crippen LogP contribution >= 0.6 is 0 Å². The zero-order valence-electron chi connectivity index (χ0n) is 12.5. The number of hydrogen-bond donors (Lipinski definition) is 1. The van der Waals surface area contributed by atoms with Gasteiger partial charge in [0.15, 0.2) is 0 Å². The van der Waals surface area contributed by atoms with Crippen molar-refractivity contribution < 1.29 is 4.74 Å². The van der Waals surface area contributed by atoms with Gasteiger partial charge in [-0.25, -0.2) is 0 Å². The smallest absolute Gasteiger partial charge is 0.0622 e. The van der Waals surface area contributed by atoms with Crippen LogP contribution in [0, 0.1) is 5.92 Å². The first-order valence-corrected chi connectivity index (χ1v) is 7.60. The second kappa shape index (κ2) is 7.06. The lowest BCUT2D eigenvalue weighted by Gasteiger charge is -2.22. The summed E-state index contributed by atoms with van der Waals surface area (Å²) in [5, 5.41) is 3.63.